The summed E-state index contributed by atoms with van der Waals surface area (Å²) in [6.45, 7) is -0.121. The van der Waals surface area contributed by atoms with E-state index in [2.05, 4.69) is 25.9 Å². The first-order chi connectivity index (χ1) is 15.1. The summed E-state index contributed by atoms with van der Waals surface area (Å²) in [5.74, 6) is -4.19. The number of nitrogens with two attached hydrogens (primary N) is 3. The summed E-state index contributed by atoms with van der Waals surface area (Å²) in [6.07, 6.45) is 3.73. The molecule has 3 unspecified atom stereocenters. The number of carbonyl (C=O) groups is 5. The lowest BCUT2D eigenvalue weighted by Crippen LogP contribution is -2.54. The van der Waals surface area contributed by atoms with Crippen LogP contribution in [0.1, 0.15) is 31.4 Å². The minimum absolute atomic E-state index is 0.00183. The molecule has 0 saturated carbocycles. The van der Waals surface area contributed by atoms with Gasteiger partial charge >= 0.3 is 5.97 Å². The number of aromatic nitrogens is 2. The topological polar surface area (TPSA) is 248 Å². The third-order valence-electron chi connectivity index (χ3n) is 4.37. The highest BCUT2D eigenvalue weighted by Gasteiger charge is 2.27. The first kappa shape index (κ1) is 26.5. The van der Waals surface area contributed by atoms with Gasteiger partial charge in [-0.05, 0) is 25.8 Å². The minimum atomic E-state index is -1.21. The fourth-order valence-corrected chi connectivity index (χ4v) is 2.70. The molecule has 0 aliphatic carbocycles. The van der Waals surface area contributed by atoms with Crippen molar-refractivity contribution in [1.29, 1.82) is 0 Å². The largest absolute Gasteiger partial charge is 0.480 e. The zero-order valence-corrected chi connectivity index (χ0v) is 17.5. The molecule has 0 bridgehead atoms. The second-order valence-corrected chi connectivity index (χ2v) is 7.08. The number of hydrogen-bond donors (Lipinski definition) is 8. The maximum Gasteiger partial charge on any atom is 0.326 e. The van der Waals surface area contributed by atoms with Crippen molar-refractivity contribution < 1.29 is 29.1 Å². The fourth-order valence-electron chi connectivity index (χ4n) is 2.70. The Kier molecular flexibility index (Phi) is 11.4. The molecular weight excluding hydrogens is 424 g/mol. The van der Waals surface area contributed by atoms with Crippen molar-refractivity contribution >= 4 is 29.6 Å². The second kappa shape index (κ2) is 13.7. The van der Waals surface area contributed by atoms with Crippen LogP contribution in [0.3, 0.4) is 0 Å². The van der Waals surface area contributed by atoms with E-state index < -0.39 is 54.3 Å². The summed E-state index contributed by atoms with van der Waals surface area (Å²) in [6, 6.07) is -3.51. The Labute approximate surface area is 184 Å². The zero-order chi connectivity index (χ0) is 24.1. The van der Waals surface area contributed by atoms with Crippen molar-refractivity contribution in [2.45, 2.75) is 50.2 Å². The number of aromatic amines is 1. The van der Waals surface area contributed by atoms with E-state index in [4.69, 9.17) is 17.2 Å². The van der Waals surface area contributed by atoms with Crippen molar-refractivity contribution in [1.82, 2.24) is 25.9 Å². The second-order valence-electron chi connectivity index (χ2n) is 7.08. The number of carbonyl (C=O) groups excluding carboxylic acids is 4. The summed E-state index contributed by atoms with van der Waals surface area (Å²) < 4.78 is 0. The average Bonchev–Trinajstić information content (AvgIpc) is 3.23. The summed E-state index contributed by atoms with van der Waals surface area (Å²) in [7, 11) is 0. The van der Waals surface area contributed by atoms with Gasteiger partial charge in [0.15, 0.2) is 0 Å². The molecule has 0 fully saturated rings. The zero-order valence-electron chi connectivity index (χ0n) is 17.5. The lowest BCUT2D eigenvalue weighted by molar-refractivity contribution is -0.142. The standard InChI is InChI=1S/C18H30N8O6/c19-4-2-1-3-12(18(31)32)26-17(30)13(5-10-7-22-9-24-10)25-15(28)8-23-16(29)11(20)6-14(21)27/h7,9,11-13H,1-6,8,19-20H2,(H2,21,27)(H,22,24)(H,23,29)(H,25,28)(H,26,30)(H,31,32). The van der Waals surface area contributed by atoms with Crippen molar-refractivity contribution in [2.24, 2.45) is 17.2 Å². The maximum atomic E-state index is 12.7. The highest BCUT2D eigenvalue weighted by atomic mass is 16.4. The summed E-state index contributed by atoms with van der Waals surface area (Å²) in [5.41, 5.74) is 16.4. The van der Waals surface area contributed by atoms with Gasteiger partial charge in [0.1, 0.15) is 12.1 Å². The Morgan fingerprint density at radius 3 is 2.38 bits per heavy atom. The molecule has 1 aromatic rings. The van der Waals surface area contributed by atoms with Crippen LogP contribution in [-0.4, -0.2) is 75.9 Å². The molecule has 0 aromatic carbocycles. The normalized spacial score (nSPS) is 13.4. The molecule has 3 atom stereocenters. The van der Waals surface area contributed by atoms with Crippen LogP contribution in [0.15, 0.2) is 12.5 Å². The lowest BCUT2D eigenvalue weighted by Gasteiger charge is -2.21. The van der Waals surface area contributed by atoms with Gasteiger partial charge < -0.3 is 43.2 Å². The molecule has 14 heteroatoms. The Hall–Kier alpha value is -3.52. The molecule has 11 N–H and O–H groups in total. The smallest absolute Gasteiger partial charge is 0.326 e. The number of nitrogens with one attached hydrogen (secondary N) is 4. The van der Waals surface area contributed by atoms with Gasteiger partial charge in [0, 0.05) is 18.3 Å². The van der Waals surface area contributed by atoms with Gasteiger partial charge in [0.05, 0.1) is 25.3 Å². The highest BCUT2D eigenvalue weighted by molar-refractivity contribution is 5.93. The van der Waals surface area contributed by atoms with Crippen molar-refractivity contribution in [3.05, 3.63) is 18.2 Å². The van der Waals surface area contributed by atoms with Gasteiger partial charge in [-0.1, -0.05) is 0 Å². The molecule has 1 heterocycles. The van der Waals surface area contributed by atoms with Crippen molar-refractivity contribution in [3.8, 4) is 0 Å². The van der Waals surface area contributed by atoms with Crippen LogP contribution < -0.4 is 33.2 Å². The third-order valence-corrected chi connectivity index (χ3v) is 4.37. The molecule has 14 nitrogen and oxygen atoms in total. The number of rotatable bonds is 15. The van der Waals surface area contributed by atoms with Gasteiger partial charge in [-0.3, -0.25) is 19.2 Å². The number of carboxylic acid groups (broad SMARTS) is 1. The molecule has 1 aromatic heterocycles. The van der Waals surface area contributed by atoms with E-state index in [-0.39, 0.29) is 19.3 Å². The number of primary amides is 1. The van der Waals surface area contributed by atoms with E-state index in [0.29, 0.717) is 25.1 Å². The Balaban J connectivity index is 2.75. The van der Waals surface area contributed by atoms with Gasteiger partial charge in [0.2, 0.25) is 23.6 Å². The van der Waals surface area contributed by atoms with E-state index >= 15 is 0 Å². The van der Waals surface area contributed by atoms with Gasteiger partial charge in [0.25, 0.3) is 0 Å². The molecule has 0 aliphatic rings. The van der Waals surface area contributed by atoms with Crippen molar-refractivity contribution in [2.75, 3.05) is 13.1 Å². The van der Waals surface area contributed by atoms with Crippen LogP contribution in [0.2, 0.25) is 0 Å². The number of carboxylic acids is 1. The lowest BCUT2D eigenvalue weighted by atomic mass is 10.1. The number of imidazole rings is 1. The van der Waals surface area contributed by atoms with E-state index in [0.717, 1.165) is 0 Å². The van der Waals surface area contributed by atoms with E-state index in [1.54, 1.807) is 0 Å². The number of unbranched alkanes of at least 4 members (excludes halogenated alkanes) is 1. The van der Waals surface area contributed by atoms with Crippen LogP contribution in [0.4, 0.5) is 0 Å². The summed E-state index contributed by atoms with van der Waals surface area (Å²) in [4.78, 5) is 65.7. The van der Waals surface area contributed by atoms with E-state index in [1.807, 2.05) is 0 Å². The minimum Gasteiger partial charge on any atom is -0.480 e. The first-order valence-electron chi connectivity index (χ1n) is 9.95. The predicted octanol–water partition coefficient (Wildman–Crippen LogP) is -3.55. The molecule has 4 amide bonds. The number of aliphatic carboxylic acids is 1. The number of nitrogens with zero attached hydrogens (tertiary/aromatic N) is 1. The van der Waals surface area contributed by atoms with Crippen LogP contribution >= 0.6 is 0 Å². The summed E-state index contributed by atoms with van der Waals surface area (Å²) >= 11 is 0. The SMILES string of the molecule is NCCCCC(NC(=O)C(Cc1cnc[nH]1)NC(=O)CNC(=O)C(N)CC(N)=O)C(=O)O. The van der Waals surface area contributed by atoms with Crippen LogP contribution in [-0.2, 0) is 30.4 Å². The molecule has 0 aliphatic heterocycles. The fraction of sp³-hybridized carbons (Fsp3) is 0.556. The highest BCUT2D eigenvalue weighted by Crippen LogP contribution is 2.04. The van der Waals surface area contributed by atoms with Crippen molar-refractivity contribution in [3.63, 3.8) is 0 Å². The Morgan fingerprint density at radius 1 is 1.09 bits per heavy atom. The first-order valence-corrected chi connectivity index (χ1v) is 9.95. The van der Waals surface area contributed by atoms with E-state index in [1.165, 1.54) is 12.5 Å². The quantitative estimate of drug-likeness (QED) is 0.122. The number of amides is 4. The van der Waals surface area contributed by atoms with Crippen LogP contribution in [0.25, 0.3) is 0 Å². The molecule has 0 spiro atoms. The molecule has 32 heavy (non-hydrogen) atoms. The molecule has 0 saturated heterocycles. The maximum absolute atomic E-state index is 12.7. The third kappa shape index (κ3) is 9.99. The molecule has 0 radical (unpaired) electrons. The number of H-pyrrole nitrogens is 1. The Morgan fingerprint density at radius 2 is 1.81 bits per heavy atom. The van der Waals surface area contributed by atoms with Crippen LogP contribution in [0, 0.1) is 0 Å². The average molecular weight is 454 g/mol. The predicted molar refractivity (Wildman–Crippen MR) is 111 cm³/mol. The van der Waals surface area contributed by atoms with Crippen LogP contribution in [0.5, 0.6) is 0 Å². The number of hydrogen-bond acceptors (Lipinski definition) is 8. The van der Waals surface area contributed by atoms with Gasteiger partial charge in [-0.25, -0.2) is 9.78 Å². The molecule has 1 rings (SSSR count). The Bertz CT molecular complexity index is 784. The summed E-state index contributed by atoms with van der Waals surface area (Å²) in [5, 5.41) is 16.5. The van der Waals surface area contributed by atoms with Gasteiger partial charge in [-0.15, -0.1) is 0 Å². The molecular formula is C18H30N8O6. The van der Waals surface area contributed by atoms with Gasteiger partial charge in [-0.2, -0.15) is 0 Å². The van der Waals surface area contributed by atoms with E-state index in [9.17, 15) is 29.1 Å². The molecule has 178 valence electrons. The monoisotopic (exact) mass is 454 g/mol.